The number of hydrogen-bond acceptors (Lipinski definition) is 0. The largest absolute Gasteiger partial charge is 0.391 e. The van der Waals surface area contributed by atoms with Crippen molar-refractivity contribution in [1.29, 1.82) is 0 Å². The van der Waals surface area contributed by atoms with Gasteiger partial charge in [0.15, 0.2) is 0 Å². The Bertz CT molecular complexity index is 1210. The first-order valence-electron chi connectivity index (χ1n) is 9.01. The van der Waals surface area contributed by atoms with Gasteiger partial charge in [-0.2, -0.15) is 0 Å². The molecule has 0 aliphatic carbocycles. The monoisotopic (exact) mass is 338 g/mol. The summed E-state index contributed by atoms with van der Waals surface area (Å²) in [5.41, 5.74) is 3.45. The quantitative estimate of drug-likeness (QED) is 0.643. The smallest absolute Gasteiger partial charge is 0.249 e. The van der Waals surface area contributed by atoms with Crippen molar-refractivity contribution in [3.63, 3.8) is 0 Å². The Kier molecular flexibility index (Phi) is 5.13. The Morgan fingerprint density at radius 3 is 2.27 bits per heavy atom. The predicted octanol–water partition coefficient (Wildman–Crippen LogP) is 3.65. The fourth-order valence-corrected chi connectivity index (χ4v) is 3.90. The number of rotatable bonds is 4. The maximum Gasteiger partial charge on any atom is 0.249 e. The van der Waals surface area contributed by atoms with Crippen LogP contribution in [0, 0.1) is 10.4 Å². The molecule has 0 spiro atoms. The van der Waals surface area contributed by atoms with Gasteiger partial charge in [-0.1, -0.05) is 63.2 Å². The second kappa shape index (κ2) is 7.33. The highest BCUT2D eigenvalue weighted by Gasteiger charge is 2.13. The first kappa shape index (κ1) is 18.2. The van der Waals surface area contributed by atoms with Crippen molar-refractivity contribution in [3.8, 4) is 0 Å². The van der Waals surface area contributed by atoms with Gasteiger partial charge in [0, 0.05) is 43.3 Å². The van der Waals surface area contributed by atoms with Crippen LogP contribution >= 0.6 is 0 Å². The molecule has 26 heavy (non-hydrogen) atoms. The van der Waals surface area contributed by atoms with Crippen molar-refractivity contribution < 1.29 is 0 Å². The van der Waals surface area contributed by atoms with Crippen molar-refractivity contribution in [3.05, 3.63) is 69.3 Å². The van der Waals surface area contributed by atoms with Crippen LogP contribution in [0.5, 0.6) is 0 Å². The molecule has 1 aromatic carbocycles. The van der Waals surface area contributed by atoms with Crippen LogP contribution in [0.2, 0.25) is 13.6 Å². The summed E-state index contributed by atoms with van der Waals surface area (Å²) in [6.07, 6.45) is 8.33. The summed E-state index contributed by atoms with van der Waals surface area (Å²) < 4.78 is 4.40. The Hall–Kier alpha value is -2.61. The molecule has 0 aliphatic heterocycles. The van der Waals surface area contributed by atoms with E-state index >= 15 is 0 Å². The molecule has 128 valence electrons. The summed E-state index contributed by atoms with van der Waals surface area (Å²) in [5.74, 6) is 0. The van der Waals surface area contributed by atoms with E-state index < -0.39 is 0 Å². The number of allylic oxidation sites excluding steroid dienone is 1. The predicted molar refractivity (Wildman–Crippen MR) is 118 cm³/mol. The molecule has 0 saturated carbocycles. The fourth-order valence-electron chi connectivity index (χ4n) is 3.90. The SMILES string of the molecule is C=Cc1c(/C=C\C)n([B]C)c(=C/C)/c1=c1\c(=C)n([B]C)c2ccccc12. The summed E-state index contributed by atoms with van der Waals surface area (Å²) in [6, 6.07) is 8.48. The highest BCUT2D eigenvalue weighted by Crippen LogP contribution is 2.18. The number of nitrogens with zero attached hydrogens (tertiary/aromatic N) is 2. The van der Waals surface area contributed by atoms with E-state index in [1.165, 1.54) is 26.7 Å². The number of hydrogen-bond donors (Lipinski definition) is 0. The summed E-state index contributed by atoms with van der Waals surface area (Å²) in [4.78, 5) is 0. The Labute approximate surface area is 156 Å². The Balaban J connectivity index is 2.83. The summed E-state index contributed by atoms with van der Waals surface area (Å²) in [7, 11) is 4.18. The molecule has 3 rings (SSSR count). The van der Waals surface area contributed by atoms with Crippen LogP contribution in [-0.2, 0) is 0 Å². The Morgan fingerprint density at radius 1 is 1.00 bits per heavy atom. The first-order valence-corrected chi connectivity index (χ1v) is 9.01. The third-order valence-electron chi connectivity index (χ3n) is 4.90. The molecule has 3 aromatic rings. The number of aromatic nitrogens is 2. The maximum atomic E-state index is 4.41. The molecule has 0 bridgehead atoms. The molecule has 2 heterocycles. The van der Waals surface area contributed by atoms with Crippen molar-refractivity contribution in [2.24, 2.45) is 0 Å². The van der Waals surface area contributed by atoms with Gasteiger partial charge in [-0.15, -0.1) is 0 Å². The molecular weight excluding hydrogens is 314 g/mol. The van der Waals surface area contributed by atoms with Gasteiger partial charge >= 0.3 is 0 Å². The highest BCUT2D eigenvalue weighted by atomic mass is 14.9. The normalized spacial score (nSPS) is 13.6. The van der Waals surface area contributed by atoms with Crippen LogP contribution in [-0.4, -0.2) is 23.8 Å². The van der Waals surface area contributed by atoms with Crippen LogP contribution in [0.1, 0.15) is 25.1 Å². The molecule has 2 radical (unpaired) electrons. The minimum atomic E-state index is 1.00. The highest BCUT2D eigenvalue weighted by molar-refractivity contribution is 6.33. The molecule has 0 saturated heterocycles. The minimum absolute atomic E-state index is 1.00. The lowest BCUT2D eigenvalue weighted by Gasteiger charge is -2.02. The van der Waals surface area contributed by atoms with Crippen molar-refractivity contribution >= 4 is 50.5 Å². The van der Waals surface area contributed by atoms with Gasteiger partial charge in [-0.05, 0) is 26.0 Å². The van der Waals surface area contributed by atoms with Gasteiger partial charge in [0.25, 0.3) is 0 Å². The van der Waals surface area contributed by atoms with Crippen LogP contribution in [0.3, 0.4) is 0 Å². The van der Waals surface area contributed by atoms with Crippen molar-refractivity contribution in [2.75, 3.05) is 0 Å². The number of para-hydroxylation sites is 1. The molecule has 0 unspecified atom stereocenters. The molecule has 0 N–H and O–H groups in total. The second-order valence-corrected chi connectivity index (χ2v) is 6.15. The Morgan fingerprint density at radius 2 is 1.69 bits per heavy atom. The molecular formula is C22H24B2N2. The third-order valence-corrected chi connectivity index (χ3v) is 4.90. The second-order valence-electron chi connectivity index (χ2n) is 6.15. The third kappa shape index (κ3) is 2.52. The topological polar surface area (TPSA) is 9.86 Å². The average Bonchev–Trinajstić information content (AvgIpc) is 3.11. The number of benzene rings is 1. The summed E-state index contributed by atoms with van der Waals surface area (Å²) >= 11 is 0. The van der Waals surface area contributed by atoms with Crippen LogP contribution in [0.15, 0.2) is 36.9 Å². The summed E-state index contributed by atoms with van der Waals surface area (Å²) in [5, 5.41) is 5.74. The minimum Gasteiger partial charge on any atom is -0.391 e. The number of fused-ring (bicyclic) bond motifs is 1. The van der Waals surface area contributed by atoms with Gasteiger partial charge in [0.1, 0.15) is 0 Å². The van der Waals surface area contributed by atoms with Gasteiger partial charge < -0.3 is 8.96 Å². The van der Waals surface area contributed by atoms with Gasteiger partial charge in [-0.25, -0.2) is 0 Å². The summed E-state index contributed by atoms with van der Waals surface area (Å²) in [6.45, 7) is 16.8. The molecule has 0 fully saturated rings. The zero-order valence-corrected chi connectivity index (χ0v) is 16.1. The van der Waals surface area contributed by atoms with Crippen molar-refractivity contribution in [2.45, 2.75) is 27.5 Å². The van der Waals surface area contributed by atoms with E-state index in [9.17, 15) is 0 Å². The van der Waals surface area contributed by atoms with E-state index in [4.69, 9.17) is 0 Å². The van der Waals surface area contributed by atoms with Gasteiger partial charge in [0.2, 0.25) is 14.8 Å². The van der Waals surface area contributed by atoms with E-state index in [1.807, 2.05) is 19.8 Å². The van der Waals surface area contributed by atoms with Crippen LogP contribution in [0.25, 0.3) is 35.7 Å². The van der Waals surface area contributed by atoms with Crippen LogP contribution < -0.4 is 10.7 Å². The lowest BCUT2D eigenvalue weighted by molar-refractivity contribution is 1.14. The molecule has 2 aromatic heterocycles. The van der Waals surface area contributed by atoms with E-state index in [0.29, 0.717) is 0 Å². The van der Waals surface area contributed by atoms with Gasteiger partial charge in [0.05, 0.1) is 0 Å². The lowest BCUT2D eigenvalue weighted by Crippen LogP contribution is -2.23. The molecule has 4 heteroatoms. The molecule has 2 nitrogen and oxygen atoms in total. The fraction of sp³-hybridized carbons (Fsp3) is 0.182. The standard InChI is InChI=1S/C22H24B2N2/c1-7-12-19-16(8-2)22(18(9-3)26(19)24-6)21-15(4)25(23-5)20-14-11-10-13-17(20)21/h7-14H,2,4H2,1,3,5-6H3/b12-7-,18-9+,22-21+. The molecule has 0 atom stereocenters. The van der Waals surface area contributed by atoms with Crippen molar-refractivity contribution in [1.82, 2.24) is 8.96 Å². The molecule has 0 amide bonds. The first-order chi connectivity index (χ1) is 12.6. The maximum absolute atomic E-state index is 4.41. The molecule has 0 aliphatic rings. The zero-order valence-electron chi connectivity index (χ0n) is 16.1. The van der Waals surface area contributed by atoms with E-state index in [-0.39, 0.29) is 0 Å². The van der Waals surface area contributed by atoms with Crippen LogP contribution in [0.4, 0.5) is 0 Å². The zero-order chi connectivity index (χ0) is 18.8. The lowest BCUT2D eigenvalue weighted by atomic mass is 9.98. The van der Waals surface area contributed by atoms with E-state index in [1.54, 1.807) is 0 Å². The van der Waals surface area contributed by atoms with E-state index in [0.717, 1.165) is 16.6 Å². The van der Waals surface area contributed by atoms with E-state index in [2.05, 4.69) is 93.2 Å². The van der Waals surface area contributed by atoms with Gasteiger partial charge in [-0.3, -0.25) is 0 Å². The average molecular weight is 338 g/mol.